The summed E-state index contributed by atoms with van der Waals surface area (Å²) in [4.78, 5) is 12.1. The molecule has 0 aliphatic carbocycles. The minimum absolute atomic E-state index is 0.124. The number of fused-ring (bicyclic) bond motifs is 1. The van der Waals surface area contributed by atoms with Crippen LogP contribution in [0.15, 0.2) is 23.1 Å². The van der Waals surface area contributed by atoms with E-state index in [-0.39, 0.29) is 22.5 Å². The molecule has 0 atom stereocenters. The number of phenolic OH excluding ortho intramolecular Hbond substituents is 2. The van der Waals surface area contributed by atoms with Crippen LogP contribution in [-0.2, 0) is 5.54 Å². The summed E-state index contributed by atoms with van der Waals surface area (Å²) in [5.41, 5.74) is 0.886. The number of aryl methyl sites for hydroxylation is 1. The second kappa shape index (κ2) is 3.77. The van der Waals surface area contributed by atoms with Crippen LogP contribution in [0.25, 0.3) is 10.9 Å². The van der Waals surface area contributed by atoms with Crippen LogP contribution in [0.5, 0.6) is 11.5 Å². The summed E-state index contributed by atoms with van der Waals surface area (Å²) in [6, 6.07) is 2.75. The van der Waals surface area contributed by atoms with Gasteiger partial charge >= 0.3 is 0 Å². The van der Waals surface area contributed by atoms with E-state index in [4.69, 9.17) is 0 Å². The molecule has 96 valence electrons. The molecule has 0 spiro atoms. The van der Waals surface area contributed by atoms with Gasteiger partial charge in [0.2, 0.25) is 0 Å². The number of aromatic nitrogens is 1. The fourth-order valence-electron chi connectivity index (χ4n) is 2.04. The number of benzene rings is 1. The van der Waals surface area contributed by atoms with Crippen LogP contribution in [0.2, 0.25) is 0 Å². The van der Waals surface area contributed by atoms with Crippen LogP contribution in [0.1, 0.15) is 26.3 Å². The van der Waals surface area contributed by atoms with Crippen LogP contribution >= 0.6 is 0 Å². The van der Waals surface area contributed by atoms with Crippen LogP contribution in [0, 0.1) is 6.92 Å². The molecule has 0 fully saturated rings. The van der Waals surface area contributed by atoms with Gasteiger partial charge in [0.05, 0.1) is 5.52 Å². The molecule has 0 amide bonds. The number of rotatable bonds is 0. The van der Waals surface area contributed by atoms with Gasteiger partial charge in [0.25, 0.3) is 0 Å². The molecular weight excluding hydrogens is 230 g/mol. The maximum atomic E-state index is 12.1. The van der Waals surface area contributed by atoms with Crippen LogP contribution in [0.4, 0.5) is 0 Å². The van der Waals surface area contributed by atoms with E-state index in [9.17, 15) is 15.0 Å². The zero-order valence-corrected chi connectivity index (χ0v) is 11.0. The Morgan fingerprint density at radius 3 is 2.22 bits per heavy atom. The Labute approximate surface area is 105 Å². The molecule has 2 N–H and O–H groups in total. The molecule has 0 radical (unpaired) electrons. The Bertz CT molecular complexity index is 678. The highest BCUT2D eigenvalue weighted by Gasteiger charge is 2.18. The summed E-state index contributed by atoms with van der Waals surface area (Å²) >= 11 is 0. The zero-order chi connectivity index (χ0) is 13.7. The highest BCUT2D eigenvalue weighted by atomic mass is 16.3. The van der Waals surface area contributed by atoms with Gasteiger partial charge in [-0.3, -0.25) is 4.79 Å². The van der Waals surface area contributed by atoms with E-state index >= 15 is 0 Å². The third-order valence-electron chi connectivity index (χ3n) is 3.00. The lowest BCUT2D eigenvalue weighted by Gasteiger charge is -2.26. The molecule has 2 rings (SSSR count). The van der Waals surface area contributed by atoms with Crippen molar-refractivity contribution in [3.63, 3.8) is 0 Å². The van der Waals surface area contributed by atoms with Gasteiger partial charge in [-0.05, 0) is 33.8 Å². The summed E-state index contributed by atoms with van der Waals surface area (Å²) in [6.07, 6.45) is 1.78. The van der Waals surface area contributed by atoms with E-state index in [1.54, 1.807) is 13.1 Å². The SMILES string of the molecule is Cc1cn(C(C)(C)C)c2cc(O)c(O)cc2c1=O. The minimum Gasteiger partial charge on any atom is -0.504 e. The molecule has 0 aliphatic heterocycles. The molecule has 18 heavy (non-hydrogen) atoms. The molecule has 0 saturated heterocycles. The van der Waals surface area contributed by atoms with Gasteiger partial charge in [0.1, 0.15) is 0 Å². The molecule has 4 heteroatoms. The summed E-state index contributed by atoms with van der Waals surface area (Å²) in [5.74, 6) is -0.491. The standard InChI is InChI=1S/C14H17NO3/c1-8-7-15(14(2,3)4)10-6-12(17)11(16)5-9(10)13(8)18/h5-7,16-17H,1-4H3. The molecule has 4 nitrogen and oxygen atoms in total. The smallest absolute Gasteiger partial charge is 0.192 e. The average Bonchev–Trinajstić information content (AvgIpc) is 2.25. The lowest BCUT2D eigenvalue weighted by molar-refractivity contribution is 0.397. The lowest BCUT2D eigenvalue weighted by atomic mass is 10.0. The predicted molar refractivity (Wildman–Crippen MR) is 71.3 cm³/mol. The van der Waals surface area contributed by atoms with E-state index in [1.807, 2.05) is 25.3 Å². The maximum absolute atomic E-state index is 12.1. The van der Waals surface area contributed by atoms with Crippen molar-refractivity contribution >= 4 is 10.9 Å². The quantitative estimate of drug-likeness (QED) is 0.703. The van der Waals surface area contributed by atoms with Crippen molar-refractivity contribution in [2.45, 2.75) is 33.2 Å². The first-order valence-electron chi connectivity index (χ1n) is 5.80. The summed E-state index contributed by atoms with van der Waals surface area (Å²) in [5, 5.41) is 19.5. The minimum atomic E-state index is -0.273. The van der Waals surface area contributed by atoms with Gasteiger partial charge in [-0.1, -0.05) is 0 Å². The topological polar surface area (TPSA) is 62.5 Å². The fraction of sp³-hybridized carbons (Fsp3) is 0.357. The lowest BCUT2D eigenvalue weighted by Crippen LogP contribution is -2.25. The molecule has 0 aliphatic rings. The second-order valence-electron chi connectivity index (χ2n) is 5.54. The van der Waals surface area contributed by atoms with Crippen molar-refractivity contribution in [2.24, 2.45) is 0 Å². The Morgan fingerprint density at radius 1 is 1.11 bits per heavy atom. The Hall–Kier alpha value is -1.97. The number of nitrogens with zero attached hydrogens (tertiary/aromatic N) is 1. The normalized spacial score (nSPS) is 12.0. The highest BCUT2D eigenvalue weighted by Crippen LogP contribution is 2.31. The molecule has 1 aromatic carbocycles. The van der Waals surface area contributed by atoms with Gasteiger partial charge in [0.15, 0.2) is 16.9 Å². The molecule has 0 saturated carbocycles. The predicted octanol–water partition coefficient (Wildman–Crippen LogP) is 2.48. The number of pyridine rings is 1. The van der Waals surface area contributed by atoms with E-state index in [1.165, 1.54) is 12.1 Å². The van der Waals surface area contributed by atoms with Crippen LogP contribution in [0.3, 0.4) is 0 Å². The first-order chi connectivity index (χ1) is 8.21. The molecule has 0 bridgehead atoms. The third-order valence-corrected chi connectivity index (χ3v) is 3.00. The van der Waals surface area contributed by atoms with Gasteiger partial charge in [0, 0.05) is 28.8 Å². The number of hydrogen-bond donors (Lipinski definition) is 2. The molecule has 0 unspecified atom stereocenters. The van der Waals surface area contributed by atoms with Crippen LogP contribution < -0.4 is 5.43 Å². The van der Waals surface area contributed by atoms with E-state index in [0.717, 1.165) is 0 Å². The van der Waals surface area contributed by atoms with Gasteiger partial charge < -0.3 is 14.8 Å². The fourth-order valence-corrected chi connectivity index (χ4v) is 2.04. The van der Waals surface area contributed by atoms with Crippen molar-refractivity contribution in [1.82, 2.24) is 4.57 Å². The first-order valence-corrected chi connectivity index (χ1v) is 5.80. The molecule has 1 heterocycles. The van der Waals surface area contributed by atoms with Crippen molar-refractivity contribution in [2.75, 3.05) is 0 Å². The molecular formula is C14H17NO3. The van der Waals surface area contributed by atoms with Gasteiger partial charge in [-0.2, -0.15) is 0 Å². The number of phenols is 2. The molecule has 1 aromatic heterocycles. The highest BCUT2D eigenvalue weighted by molar-refractivity contribution is 5.83. The Kier molecular flexibility index (Phi) is 2.61. The Morgan fingerprint density at radius 2 is 1.67 bits per heavy atom. The first kappa shape index (κ1) is 12.5. The maximum Gasteiger partial charge on any atom is 0.192 e. The van der Waals surface area contributed by atoms with E-state index in [2.05, 4.69) is 0 Å². The Balaban J connectivity index is 3.02. The van der Waals surface area contributed by atoms with Crippen molar-refractivity contribution in [1.29, 1.82) is 0 Å². The average molecular weight is 247 g/mol. The number of aromatic hydroxyl groups is 2. The summed E-state index contributed by atoms with van der Waals surface area (Å²) in [7, 11) is 0. The number of hydrogen-bond acceptors (Lipinski definition) is 3. The van der Waals surface area contributed by atoms with Gasteiger partial charge in [-0.15, -0.1) is 0 Å². The summed E-state index contributed by atoms with van der Waals surface area (Å²) < 4.78 is 1.93. The second-order valence-corrected chi connectivity index (χ2v) is 5.54. The van der Waals surface area contributed by atoms with E-state index < -0.39 is 0 Å². The third kappa shape index (κ3) is 1.83. The van der Waals surface area contributed by atoms with Gasteiger partial charge in [-0.25, -0.2) is 0 Å². The largest absolute Gasteiger partial charge is 0.504 e. The van der Waals surface area contributed by atoms with Crippen molar-refractivity contribution in [3.8, 4) is 11.5 Å². The molecule has 2 aromatic rings. The van der Waals surface area contributed by atoms with E-state index in [0.29, 0.717) is 16.5 Å². The monoisotopic (exact) mass is 247 g/mol. The van der Waals surface area contributed by atoms with Crippen LogP contribution in [-0.4, -0.2) is 14.8 Å². The van der Waals surface area contributed by atoms with Crippen molar-refractivity contribution in [3.05, 3.63) is 34.1 Å². The van der Waals surface area contributed by atoms with Crippen molar-refractivity contribution < 1.29 is 10.2 Å². The zero-order valence-electron chi connectivity index (χ0n) is 11.0. The summed E-state index contributed by atoms with van der Waals surface area (Å²) in [6.45, 7) is 7.79.